The quantitative estimate of drug-likeness (QED) is 0.882. The van der Waals surface area contributed by atoms with Crippen molar-refractivity contribution in [1.29, 1.82) is 0 Å². The van der Waals surface area contributed by atoms with Crippen LogP contribution in [0.3, 0.4) is 0 Å². The number of carbonyl (C=O) groups is 1. The Hall–Kier alpha value is -2.14. The minimum atomic E-state index is -0.221. The van der Waals surface area contributed by atoms with E-state index in [0.717, 1.165) is 23.6 Å². The third kappa shape index (κ3) is 5.20. The highest BCUT2D eigenvalue weighted by atomic mass is 16.4. The molecular formula is C19H27N3O2. The van der Waals surface area contributed by atoms with Crippen LogP contribution in [0.5, 0.6) is 0 Å². The molecule has 0 radical (unpaired) electrons. The number of hydrogen-bond donors (Lipinski definition) is 1. The van der Waals surface area contributed by atoms with E-state index in [-0.39, 0.29) is 11.4 Å². The summed E-state index contributed by atoms with van der Waals surface area (Å²) in [7, 11) is 0. The third-order valence-electron chi connectivity index (χ3n) is 3.62. The van der Waals surface area contributed by atoms with Gasteiger partial charge in [-0.2, -0.15) is 0 Å². The van der Waals surface area contributed by atoms with Crippen LogP contribution in [0.4, 0.5) is 0 Å². The van der Waals surface area contributed by atoms with Gasteiger partial charge >= 0.3 is 0 Å². The summed E-state index contributed by atoms with van der Waals surface area (Å²) in [6.45, 7) is 11.6. The van der Waals surface area contributed by atoms with Crippen molar-refractivity contribution in [2.75, 3.05) is 13.1 Å². The maximum Gasteiger partial charge on any atom is 0.234 e. The van der Waals surface area contributed by atoms with E-state index in [9.17, 15) is 4.79 Å². The Kier molecular flexibility index (Phi) is 5.78. The SMILES string of the molecule is CCN(CC(=O)NC(C)(C)C)Cc1nc(-c2ccccc2)oc1C. The summed E-state index contributed by atoms with van der Waals surface area (Å²) in [6, 6.07) is 9.84. The lowest BCUT2D eigenvalue weighted by Crippen LogP contribution is -2.45. The molecule has 24 heavy (non-hydrogen) atoms. The number of nitrogens with one attached hydrogen (secondary N) is 1. The number of benzene rings is 1. The summed E-state index contributed by atoms with van der Waals surface area (Å²) in [5.74, 6) is 1.44. The van der Waals surface area contributed by atoms with E-state index < -0.39 is 0 Å². The number of aryl methyl sites for hydroxylation is 1. The van der Waals surface area contributed by atoms with Gasteiger partial charge in [0, 0.05) is 17.6 Å². The number of carbonyl (C=O) groups excluding carboxylic acids is 1. The number of rotatable bonds is 6. The highest BCUT2D eigenvalue weighted by molar-refractivity contribution is 5.78. The van der Waals surface area contributed by atoms with Gasteiger partial charge in [-0.1, -0.05) is 25.1 Å². The highest BCUT2D eigenvalue weighted by Gasteiger charge is 2.18. The molecule has 0 spiro atoms. The molecule has 0 aliphatic rings. The molecule has 5 nitrogen and oxygen atoms in total. The van der Waals surface area contributed by atoms with Crippen molar-refractivity contribution in [3.63, 3.8) is 0 Å². The lowest BCUT2D eigenvalue weighted by Gasteiger charge is -2.24. The lowest BCUT2D eigenvalue weighted by atomic mass is 10.1. The Balaban J connectivity index is 2.06. The Morgan fingerprint density at radius 2 is 1.92 bits per heavy atom. The van der Waals surface area contributed by atoms with Crippen LogP contribution in [0.15, 0.2) is 34.7 Å². The zero-order chi connectivity index (χ0) is 17.7. The van der Waals surface area contributed by atoms with Gasteiger partial charge in [-0.3, -0.25) is 9.69 Å². The van der Waals surface area contributed by atoms with Crippen LogP contribution in [0.2, 0.25) is 0 Å². The summed E-state index contributed by atoms with van der Waals surface area (Å²) in [5, 5.41) is 2.99. The predicted molar refractivity (Wildman–Crippen MR) is 95.5 cm³/mol. The van der Waals surface area contributed by atoms with Gasteiger partial charge in [0.05, 0.1) is 12.2 Å². The predicted octanol–water partition coefficient (Wildman–Crippen LogP) is 3.39. The molecule has 0 aliphatic carbocycles. The van der Waals surface area contributed by atoms with Gasteiger partial charge in [-0.25, -0.2) is 4.98 Å². The monoisotopic (exact) mass is 329 g/mol. The molecule has 2 aromatic rings. The van der Waals surface area contributed by atoms with Crippen molar-refractivity contribution in [3.05, 3.63) is 41.8 Å². The number of nitrogens with zero attached hydrogens (tertiary/aromatic N) is 2. The van der Waals surface area contributed by atoms with E-state index in [4.69, 9.17) is 4.42 Å². The molecule has 2 rings (SSSR count). The standard InChI is InChI=1S/C19H27N3O2/c1-6-22(13-17(23)21-19(3,4)5)12-16-14(2)24-18(20-16)15-10-8-7-9-11-15/h7-11H,6,12-13H2,1-5H3,(H,21,23). The molecule has 1 aromatic heterocycles. The van der Waals surface area contributed by atoms with Crippen molar-refractivity contribution >= 4 is 5.91 Å². The molecule has 1 N–H and O–H groups in total. The summed E-state index contributed by atoms with van der Waals surface area (Å²) < 4.78 is 5.79. The van der Waals surface area contributed by atoms with Crippen molar-refractivity contribution in [1.82, 2.24) is 15.2 Å². The van der Waals surface area contributed by atoms with Gasteiger partial charge in [-0.05, 0) is 46.4 Å². The first-order valence-corrected chi connectivity index (χ1v) is 8.33. The zero-order valence-electron chi connectivity index (χ0n) is 15.2. The molecule has 0 unspecified atom stereocenters. The van der Waals surface area contributed by atoms with Gasteiger partial charge in [0.25, 0.3) is 0 Å². The van der Waals surface area contributed by atoms with Crippen LogP contribution in [0.1, 0.15) is 39.1 Å². The summed E-state index contributed by atoms with van der Waals surface area (Å²) in [5.41, 5.74) is 1.61. The van der Waals surface area contributed by atoms with Crippen molar-refractivity contribution < 1.29 is 9.21 Å². The second-order valence-electron chi connectivity index (χ2n) is 6.99. The van der Waals surface area contributed by atoms with Crippen LogP contribution >= 0.6 is 0 Å². The molecule has 0 saturated carbocycles. The molecule has 0 atom stereocenters. The molecule has 130 valence electrons. The zero-order valence-corrected chi connectivity index (χ0v) is 15.2. The second kappa shape index (κ2) is 7.62. The topological polar surface area (TPSA) is 58.4 Å². The maximum atomic E-state index is 12.1. The Labute approximate surface area is 144 Å². The number of amides is 1. The van der Waals surface area contributed by atoms with E-state index in [1.54, 1.807) is 0 Å². The highest BCUT2D eigenvalue weighted by Crippen LogP contribution is 2.22. The minimum Gasteiger partial charge on any atom is -0.441 e. The third-order valence-corrected chi connectivity index (χ3v) is 3.62. The largest absolute Gasteiger partial charge is 0.441 e. The fourth-order valence-corrected chi connectivity index (χ4v) is 2.43. The van der Waals surface area contributed by atoms with E-state index in [1.807, 2.05) is 65.0 Å². The Morgan fingerprint density at radius 3 is 2.50 bits per heavy atom. The Morgan fingerprint density at radius 1 is 1.25 bits per heavy atom. The first kappa shape index (κ1) is 18.2. The molecule has 0 saturated heterocycles. The number of hydrogen-bond acceptors (Lipinski definition) is 4. The Bertz CT molecular complexity index is 672. The average molecular weight is 329 g/mol. The van der Waals surface area contributed by atoms with Gasteiger partial charge < -0.3 is 9.73 Å². The fraction of sp³-hybridized carbons (Fsp3) is 0.474. The van der Waals surface area contributed by atoms with Gasteiger partial charge in [-0.15, -0.1) is 0 Å². The average Bonchev–Trinajstić information content (AvgIpc) is 2.86. The van der Waals surface area contributed by atoms with Crippen LogP contribution in [-0.2, 0) is 11.3 Å². The molecular weight excluding hydrogens is 302 g/mol. The molecule has 5 heteroatoms. The molecule has 1 aromatic carbocycles. The van der Waals surface area contributed by atoms with Crippen molar-refractivity contribution in [2.45, 2.75) is 46.7 Å². The summed E-state index contributed by atoms with van der Waals surface area (Å²) in [4.78, 5) is 18.8. The second-order valence-corrected chi connectivity index (χ2v) is 6.99. The van der Waals surface area contributed by atoms with E-state index in [1.165, 1.54) is 0 Å². The van der Waals surface area contributed by atoms with Crippen LogP contribution in [0.25, 0.3) is 11.5 Å². The number of aromatic nitrogens is 1. The molecule has 1 heterocycles. The van der Waals surface area contributed by atoms with Crippen LogP contribution in [-0.4, -0.2) is 34.4 Å². The number of oxazole rings is 1. The van der Waals surface area contributed by atoms with E-state index in [2.05, 4.69) is 15.2 Å². The van der Waals surface area contributed by atoms with Gasteiger partial charge in [0.15, 0.2) is 0 Å². The van der Waals surface area contributed by atoms with Crippen LogP contribution < -0.4 is 5.32 Å². The number of likely N-dealkylation sites (N-methyl/N-ethyl adjacent to an activating group) is 1. The van der Waals surface area contributed by atoms with Crippen molar-refractivity contribution in [2.24, 2.45) is 0 Å². The molecule has 1 amide bonds. The lowest BCUT2D eigenvalue weighted by molar-refractivity contribution is -0.123. The first-order valence-electron chi connectivity index (χ1n) is 8.33. The fourth-order valence-electron chi connectivity index (χ4n) is 2.43. The van der Waals surface area contributed by atoms with E-state index in [0.29, 0.717) is 19.0 Å². The normalized spacial score (nSPS) is 11.8. The smallest absolute Gasteiger partial charge is 0.234 e. The molecule has 0 aliphatic heterocycles. The van der Waals surface area contributed by atoms with Gasteiger partial charge in [0.2, 0.25) is 11.8 Å². The molecule has 0 bridgehead atoms. The van der Waals surface area contributed by atoms with Crippen LogP contribution in [0, 0.1) is 6.92 Å². The van der Waals surface area contributed by atoms with E-state index >= 15 is 0 Å². The molecule has 0 fully saturated rings. The van der Waals surface area contributed by atoms with Crippen molar-refractivity contribution in [3.8, 4) is 11.5 Å². The summed E-state index contributed by atoms with van der Waals surface area (Å²) in [6.07, 6.45) is 0. The minimum absolute atomic E-state index is 0.0220. The maximum absolute atomic E-state index is 12.1. The first-order chi connectivity index (χ1) is 11.3. The van der Waals surface area contributed by atoms with Gasteiger partial charge in [0.1, 0.15) is 5.76 Å². The summed E-state index contributed by atoms with van der Waals surface area (Å²) >= 11 is 0.